The van der Waals surface area contributed by atoms with Crippen molar-refractivity contribution in [2.24, 2.45) is 7.05 Å². The predicted molar refractivity (Wildman–Crippen MR) is 112 cm³/mol. The molecule has 136 valence electrons. The number of aromatic nitrogens is 1. The number of fused-ring (bicyclic) bond motifs is 3. The first-order chi connectivity index (χ1) is 13.0. The molecule has 4 nitrogen and oxygen atoms in total. The molecule has 0 spiro atoms. The Hall–Kier alpha value is -2.63. The minimum atomic E-state index is -0.156. The van der Waals surface area contributed by atoms with Crippen LogP contribution in [0.4, 0.5) is 0 Å². The molecule has 1 N–H and O–H groups in total. The van der Waals surface area contributed by atoms with Crippen LogP contribution in [-0.4, -0.2) is 17.0 Å². The Bertz CT molecular complexity index is 1210. The van der Waals surface area contributed by atoms with E-state index in [1.54, 1.807) is 17.7 Å². The number of carbonyl (C=O) groups excluding carboxylic acids is 1. The molecule has 0 saturated carbocycles. The maximum atomic E-state index is 12.6. The second-order valence-corrected chi connectivity index (χ2v) is 7.86. The molecule has 2 aromatic carbocycles. The van der Waals surface area contributed by atoms with Crippen LogP contribution in [0, 0.1) is 0 Å². The summed E-state index contributed by atoms with van der Waals surface area (Å²) < 4.78 is 2.49. The van der Waals surface area contributed by atoms with Crippen molar-refractivity contribution >= 4 is 49.8 Å². The van der Waals surface area contributed by atoms with Crippen LogP contribution in [0.25, 0.3) is 21.0 Å². The topological polar surface area (TPSA) is 51.1 Å². The van der Waals surface area contributed by atoms with Crippen molar-refractivity contribution in [1.29, 1.82) is 0 Å². The van der Waals surface area contributed by atoms with Crippen LogP contribution in [-0.2, 0) is 13.5 Å². The van der Waals surface area contributed by atoms with Crippen LogP contribution in [0.3, 0.4) is 0 Å². The van der Waals surface area contributed by atoms with Gasteiger partial charge < -0.3 is 9.88 Å². The van der Waals surface area contributed by atoms with Gasteiger partial charge >= 0.3 is 0 Å². The highest BCUT2D eigenvalue weighted by Gasteiger charge is 2.15. The normalized spacial score (nSPS) is 11.2. The fourth-order valence-corrected chi connectivity index (χ4v) is 4.39. The summed E-state index contributed by atoms with van der Waals surface area (Å²) in [5.41, 5.74) is 1.89. The average Bonchev–Trinajstić information content (AvgIpc) is 3.13. The lowest BCUT2D eigenvalue weighted by Gasteiger charge is -2.05. The standard InChI is InChI=1S/C21H17ClN2O2S/c1-24-17-5-3-2-4-15(17)19-16(21(24)26)12-18(27-19)20(25)23-11-10-13-6-8-14(22)9-7-13/h2-9,12H,10-11H2,1H3,(H,23,25). The molecular formula is C21H17ClN2O2S. The number of benzene rings is 2. The van der Waals surface area contributed by atoms with Crippen LogP contribution < -0.4 is 10.9 Å². The fourth-order valence-electron chi connectivity index (χ4n) is 3.17. The van der Waals surface area contributed by atoms with E-state index in [2.05, 4.69) is 5.32 Å². The number of nitrogens with zero attached hydrogens (tertiary/aromatic N) is 1. The Kier molecular flexibility index (Phi) is 4.72. The van der Waals surface area contributed by atoms with Crippen molar-refractivity contribution in [2.75, 3.05) is 6.54 Å². The summed E-state index contributed by atoms with van der Waals surface area (Å²) in [4.78, 5) is 25.7. The third-order valence-electron chi connectivity index (χ3n) is 4.61. The number of halogens is 1. The second-order valence-electron chi connectivity index (χ2n) is 6.37. The van der Waals surface area contributed by atoms with Gasteiger partial charge in [-0.15, -0.1) is 11.3 Å². The number of nitrogens with one attached hydrogen (secondary N) is 1. The van der Waals surface area contributed by atoms with Crippen molar-refractivity contribution in [3.63, 3.8) is 0 Å². The van der Waals surface area contributed by atoms with Crippen molar-refractivity contribution in [3.8, 4) is 0 Å². The van der Waals surface area contributed by atoms with Gasteiger partial charge in [0.2, 0.25) is 0 Å². The number of pyridine rings is 1. The smallest absolute Gasteiger partial charge is 0.261 e. The van der Waals surface area contributed by atoms with Gasteiger partial charge in [-0.05, 0) is 36.2 Å². The van der Waals surface area contributed by atoms with E-state index >= 15 is 0 Å². The van der Waals surface area contributed by atoms with E-state index in [9.17, 15) is 9.59 Å². The monoisotopic (exact) mass is 396 g/mol. The van der Waals surface area contributed by atoms with Crippen LogP contribution >= 0.6 is 22.9 Å². The molecule has 4 rings (SSSR count). The van der Waals surface area contributed by atoms with Gasteiger partial charge in [-0.3, -0.25) is 9.59 Å². The zero-order chi connectivity index (χ0) is 19.0. The molecule has 0 fully saturated rings. The first kappa shape index (κ1) is 17.8. The van der Waals surface area contributed by atoms with Crippen LogP contribution in [0.1, 0.15) is 15.2 Å². The van der Waals surface area contributed by atoms with E-state index in [1.165, 1.54) is 11.3 Å². The molecule has 4 aromatic rings. The van der Waals surface area contributed by atoms with Crippen molar-refractivity contribution in [2.45, 2.75) is 6.42 Å². The van der Waals surface area contributed by atoms with Crippen LogP contribution in [0.2, 0.25) is 5.02 Å². The lowest BCUT2D eigenvalue weighted by molar-refractivity contribution is 0.0958. The highest BCUT2D eigenvalue weighted by atomic mass is 35.5. The summed E-state index contributed by atoms with van der Waals surface area (Å²) in [6.45, 7) is 0.521. The van der Waals surface area contributed by atoms with E-state index in [0.29, 0.717) is 21.8 Å². The quantitative estimate of drug-likeness (QED) is 0.556. The molecular weight excluding hydrogens is 380 g/mol. The maximum Gasteiger partial charge on any atom is 0.261 e. The lowest BCUT2D eigenvalue weighted by Crippen LogP contribution is -2.24. The SMILES string of the molecule is Cn1c(=O)c2cc(C(=O)NCCc3ccc(Cl)cc3)sc2c2ccccc21. The molecule has 27 heavy (non-hydrogen) atoms. The fraction of sp³-hybridized carbons (Fsp3) is 0.143. The number of rotatable bonds is 4. The second kappa shape index (κ2) is 7.18. The van der Waals surface area contributed by atoms with Gasteiger partial charge in [0.15, 0.2) is 0 Å². The molecule has 0 radical (unpaired) electrons. The molecule has 0 saturated heterocycles. The Morgan fingerprint density at radius 2 is 1.85 bits per heavy atom. The minimum Gasteiger partial charge on any atom is -0.351 e. The van der Waals surface area contributed by atoms with Crippen molar-refractivity contribution in [3.05, 3.63) is 80.4 Å². The number of aryl methyl sites for hydroxylation is 1. The number of hydrogen-bond acceptors (Lipinski definition) is 3. The van der Waals surface area contributed by atoms with Gasteiger partial charge in [-0.1, -0.05) is 41.9 Å². The number of para-hydroxylation sites is 1. The molecule has 2 aromatic heterocycles. The zero-order valence-corrected chi connectivity index (χ0v) is 16.2. The number of amides is 1. The molecule has 0 aliphatic heterocycles. The molecule has 0 atom stereocenters. The van der Waals surface area contributed by atoms with Gasteiger partial charge in [0, 0.05) is 28.7 Å². The first-order valence-corrected chi connectivity index (χ1v) is 9.78. The van der Waals surface area contributed by atoms with Crippen molar-refractivity contribution in [1.82, 2.24) is 9.88 Å². The largest absolute Gasteiger partial charge is 0.351 e. The molecule has 0 unspecified atom stereocenters. The van der Waals surface area contributed by atoms with Gasteiger partial charge in [0.25, 0.3) is 11.5 Å². The highest BCUT2D eigenvalue weighted by Crippen LogP contribution is 2.30. The maximum absolute atomic E-state index is 12.6. The summed E-state index contributed by atoms with van der Waals surface area (Å²) in [6.07, 6.45) is 0.721. The van der Waals surface area contributed by atoms with E-state index in [0.717, 1.165) is 27.6 Å². The molecule has 0 aliphatic rings. The first-order valence-electron chi connectivity index (χ1n) is 8.58. The predicted octanol–water partition coefficient (Wildman–Crippen LogP) is 4.38. The third kappa shape index (κ3) is 3.36. The van der Waals surface area contributed by atoms with Gasteiger partial charge in [0.05, 0.1) is 15.8 Å². The Morgan fingerprint density at radius 1 is 1.11 bits per heavy atom. The van der Waals surface area contributed by atoms with Crippen LogP contribution in [0.5, 0.6) is 0 Å². The molecule has 6 heteroatoms. The highest BCUT2D eigenvalue weighted by molar-refractivity contribution is 7.21. The molecule has 2 heterocycles. The lowest BCUT2D eigenvalue weighted by atomic mass is 10.1. The van der Waals surface area contributed by atoms with Crippen LogP contribution in [0.15, 0.2) is 59.4 Å². The minimum absolute atomic E-state index is 0.0832. The van der Waals surface area contributed by atoms with Gasteiger partial charge in [0.1, 0.15) is 0 Å². The summed E-state index contributed by atoms with van der Waals surface area (Å²) in [5, 5.41) is 5.20. The third-order valence-corrected chi connectivity index (χ3v) is 6.03. The Morgan fingerprint density at radius 3 is 2.63 bits per heavy atom. The van der Waals surface area contributed by atoms with Crippen molar-refractivity contribution < 1.29 is 4.79 Å². The Labute approximate surface area is 165 Å². The van der Waals surface area contributed by atoms with E-state index < -0.39 is 0 Å². The molecule has 1 amide bonds. The summed E-state index contributed by atoms with van der Waals surface area (Å²) >= 11 is 7.25. The van der Waals surface area contributed by atoms with Gasteiger partial charge in [-0.25, -0.2) is 0 Å². The zero-order valence-electron chi connectivity index (χ0n) is 14.7. The van der Waals surface area contributed by atoms with E-state index in [4.69, 9.17) is 11.6 Å². The number of thiophene rings is 1. The number of hydrogen-bond donors (Lipinski definition) is 1. The van der Waals surface area contributed by atoms with E-state index in [1.807, 2.05) is 48.5 Å². The molecule has 0 aliphatic carbocycles. The van der Waals surface area contributed by atoms with Gasteiger partial charge in [-0.2, -0.15) is 0 Å². The average molecular weight is 397 g/mol. The Balaban J connectivity index is 1.59. The summed E-state index contributed by atoms with van der Waals surface area (Å²) in [5.74, 6) is -0.156. The summed E-state index contributed by atoms with van der Waals surface area (Å²) in [6, 6.07) is 17.0. The number of carbonyl (C=O) groups is 1. The molecule has 0 bridgehead atoms. The summed E-state index contributed by atoms with van der Waals surface area (Å²) in [7, 11) is 1.76. The van der Waals surface area contributed by atoms with E-state index in [-0.39, 0.29) is 11.5 Å².